The Balaban J connectivity index is 1.44. The van der Waals surface area contributed by atoms with Gasteiger partial charge in [0.05, 0.1) is 40.6 Å². The maximum Gasteiger partial charge on any atom is 0.416 e. The molecule has 290 valence electrons. The van der Waals surface area contributed by atoms with Gasteiger partial charge in [0.2, 0.25) is 0 Å². The number of carbonyl (C=O) groups is 1. The molecule has 54 heavy (non-hydrogen) atoms. The standard InChI is InChI=1S/C36H36F9N7O2/c1-21(2)54-33(53)51-22(3)13-31(29-17-25(34(37,38)39)9-10-30(29)51)50(19-24-14-26(35(40,41)42)16-27(15-24)36(43,44)45)32-46-48-52(47-32)28-11-12-49(20-28)18-23-7-5-4-6-8-23/h4-10,14-17,21-22,28,31H,11-13,18-20H2,1-3H3/t22-,28+,31+/m1/s1. The first-order valence-electron chi connectivity index (χ1n) is 17.1. The van der Waals surface area contributed by atoms with Crippen molar-refractivity contribution in [3.63, 3.8) is 0 Å². The molecular weight excluding hydrogens is 733 g/mol. The minimum Gasteiger partial charge on any atom is -0.446 e. The van der Waals surface area contributed by atoms with E-state index in [9.17, 15) is 44.3 Å². The van der Waals surface area contributed by atoms with Gasteiger partial charge in [0.1, 0.15) is 0 Å². The summed E-state index contributed by atoms with van der Waals surface area (Å²) in [5.41, 5.74) is -3.66. The highest BCUT2D eigenvalue weighted by Crippen LogP contribution is 2.46. The van der Waals surface area contributed by atoms with Crippen LogP contribution in [0.5, 0.6) is 0 Å². The summed E-state index contributed by atoms with van der Waals surface area (Å²) < 4.78 is 131. The van der Waals surface area contributed by atoms with E-state index in [1.165, 1.54) is 14.6 Å². The molecule has 2 aliphatic rings. The van der Waals surface area contributed by atoms with E-state index in [2.05, 4.69) is 20.3 Å². The fourth-order valence-corrected chi connectivity index (χ4v) is 6.94. The molecule has 0 bridgehead atoms. The van der Waals surface area contributed by atoms with Gasteiger partial charge in [0.15, 0.2) is 0 Å². The summed E-state index contributed by atoms with van der Waals surface area (Å²) in [5.74, 6) is -0.235. The number of rotatable bonds is 8. The lowest BCUT2D eigenvalue weighted by molar-refractivity contribution is -0.143. The quantitative estimate of drug-likeness (QED) is 0.166. The van der Waals surface area contributed by atoms with E-state index in [4.69, 9.17) is 4.74 Å². The van der Waals surface area contributed by atoms with Crippen molar-refractivity contribution in [3.8, 4) is 0 Å². The Morgan fingerprint density at radius 1 is 0.870 bits per heavy atom. The van der Waals surface area contributed by atoms with Crippen molar-refractivity contribution in [2.45, 2.75) is 89.5 Å². The molecule has 4 aromatic rings. The van der Waals surface area contributed by atoms with Gasteiger partial charge in [-0.15, -0.1) is 5.10 Å². The second-order valence-corrected chi connectivity index (χ2v) is 13.8. The predicted octanol–water partition coefficient (Wildman–Crippen LogP) is 9.07. The van der Waals surface area contributed by atoms with Crippen LogP contribution in [-0.4, -0.2) is 56.4 Å². The molecule has 6 rings (SSSR count). The minimum absolute atomic E-state index is 0.00450. The summed E-state index contributed by atoms with van der Waals surface area (Å²) in [6.45, 7) is 5.90. The maximum atomic E-state index is 14.1. The predicted molar refractivity (Wildman–Crippen MR) is 178 cm³/mol. The summed E-state index contributed by atoms with van der Waals surface area (Å²) in [5, 5.41) is 12.9. The minimum atomic E-state index is -5.15. The van der Waals surface area contributed by atoms with Crippen molar-refractivity contribution < 1.29 is 49.0 Å². The number of anilines is 2. The second kappa shape index (κ2) is 14.8. The molecule has 1 saturated heterocycles. The number of nitrogens with zero attached hydrogens (tertiary/aromatic N) is 7. The molecule has 0 saturated carbocycles. The van der Waals surface area contributed by atoms with E-state index in [1.54, 1.807) is 20.8 Å². The zero-order chi connectivity index (χ0) is 39.2. The lowest BCUT2D eigenvalue weighted by atomic mass is 9.89. The fraction of sp³-hybridized carbons (Fsp3) is 0.444. The van der Waals surface area contributed by atoms with Crippen molar-refractivity contribution in [1.29, 1.82) is 0 Å². The summed E-state index contributed by atoms with van der Waals surface area (Å²) in [4.78, 5) is 19.2. The number of carbonyl (C=O) groups excluding carboxylic acids is 1. The summed E-state index contributed by atoms with van der Waals surface area (Å²) >= 11 is 0. The normalized spacial score (nSPS) is 19.6. The number of ether oxygens (including phenoxy) is 1. The van der Waals surface area contributed by atoms with Crippen molar-refractivity contribution in [2.75, 3.05) is 22.9 Å². The number of amides is 1. The number of fused-ring (bicyclic) bond motifs is 1. The smallest absolute Gasteiger partial charge is 0.416 e. The van der Waals surface area contributed by atoms with Crippen LogP contribution in [0.25, 0.3) is 0 Å². The van der Waals surface area contributed by atoms with Gasteiger partial charge < -0.3 is 9.64 Å². The van der Waals surface area contributed by atoms with E-state index in [1.807, 2.05) is 30.3 Å². The summed E-state index contributed by atoms with van der Waals surface area (Å²) in [6, 6.07) is 11.2. The van der Waals surface area contributed by atoms with Crippen LogP contribution < -0.4 is 9.80 Å². The van der Waals surface area contributed by atoms with E-state index in [0.717, 1.165) is 23.8 Å². The molecule has 3 atom stereocenters. The first-order chi connectivity index (χ1) is 25.3. The van der Waals surface area contributed by atoms with Gasteiger partial charge in [0.25, 0.3) is 5.95 Å². The van der Waals surface area contributed by atoms with Crippen LogP contribution in [0.2, 0.25) is 0 Å². The van der Waals surface area contributed by atoms with Crippen LogP contribution >= 0.6 is 0 Å². The highest BCUT2D eigenvalue weighted by Gasteiger charge is 2.43. The highest BCUT2D eigenvalue weighted by atomic mass is 19.4. The van der Waals surface area contributed by atoms with E-state index >= 15 is 0 Å². The molecule has 1 fully saturated rings. The van der Waals surface area contributed by atoms with Gasteiger partial charge in [-0.2, -0.15) is 44.3 Å². The maximum absolute atomic E-state index is 14.1. The van der Waals surface area contributed by atoms with E-state index < -0.39 is 71.6 Å². The van der Waals surface area contributed by atoms with Crippen LogP contribution in [0.1, 0.15) is 79.1 Å². The first kappa shape index (κ1) is 38.8. The molecule has 1 amide bonds. The Kier molecular flexibility index (Phi) is 10.6. The third kappa shape index (κ3) is 8.58. The lowest BCUT2D eigenvalue weighted by Gasteiger charge is -2.43. The molecule has 9 nitrogen and oxygen atoms in total. The second-order valence-electron chi connectivity index (χ2n) is 13.8. The number of halogens is 9. The highest BCUT2D eigenvalue weighted by molar-refractivity contribution is 5.90. The molecule has 2 aliphatic heterocycles. The average Bonchev–Trinajstić information content (AvgIpc) is 3.76. The number of hydrogen-bond acceptors (Lipinski definition) is 7. The number of aromatic nitrogens is 4. The Morgan fingerprint density at radius 2 is 1.52 bits per heavy atom. The van der Waals surface area contributed by atoms with Crippen LogP contribution in [0.15, 0.2) is 66.7 Å². The van der Waals surface area contributed by atoms with Crippen LogP contribution in [0, 0.1) is 0 Å². The zero-order valence-corrected chi connectivity index (χ0v) is 29.3. The molecule has 3 aromatic carbocycles. The summed E-state index contributed by atoms with van der Waals surface area (Å²) in [6.07, 6.45) is -16.1. The van der Waals surface area contributed by atoms with E-state index in [0.29, 0.717) is 38.2 Å². The third-order valence-corrected chi connectivity index (χ3v) is 9.39. The SMILES string of the molecule is CC(C)OC(=O)N1c2ccc(C(F)(F)F)cc2[C@@H](N(Cc2cc(C(F)(F)F)cc(C(F)(F)F)c2)c2nnn([C@H]3CCN(Cc4ccccc4)C3)n2)C[C@H]1C. The Morgan fingerprint density at radius 3 is 2.13 bits per heavy atom. The van der Waals surface area contributed by atoms with Crippen LogP contribution in [0.3, 0.4) is 0 Å². The number of hydrogen-bond donors (Lipinski definition) is 0. The van der Waals surface area contributed by atoms with Gasteiger partial charge >= 0.3 is 24.6 Å². The van der Waals surface area contributed by atoms with E-state index in [-0.39, 0.29) is 35.7 Å². The van der Waals surface area contributed by atoms with Gasteiger partial charge in [-0.1, -0.05) is 35.4 Å². The number of likely N-dealkylation sites (tertiary alicyclic amines) is 1. The molecule has 3 heterocycles. The summed E-state index contributed by atoms with van der Waals surface area (Å²) in [7, 11) is 0. The lowest BCUT2D eigenvalue weighted by Crippen LogP contribution is -2.47. The van der Waals surface area contributed by atoms with Gasteiger partial charge in [-0.3, -0.25) is 9.80 Å². The number of tetrazole rings is 1. The zero-order valence-electron chi connectivity index (χ0n) is 29.3. The molecule has 0 aliphatic carbocycles. The molecule has 1 aromatic heterocycles. The molecule has 0 radical (unpaired) electrons. The molecular formula is C36H36F9N7O2. The fourth-order valence-electron chi connectivity index (χ4n) is 6.94. The topological polar surface area (TPSA) is 79.6 Å². The Hall–Kier alpha value is -4.87. The van der Waals surface area contributed by atoms with Crippen molar-refractivity contribution in [2.24, 2.45) is 0 Å². The van der Waals surface area contributed by atoms with Crippen LogP contribution in [-0.2, 0) is 36.4 Å². The largest absolute Gasteiger partial charge is 0.446 e. The molecule has 0 N–H and O–H groups in total. The number of benzene rings is 3. The monoisotopic (exact) mass is 769 g/mol. The Bertz CT molecular complexity index is 1910. The average molecular weight is 770 g/mol. The molecule has 18 heteroatoms. The van der Waals surface area contributed by atoms with Crippen LogP contribution in [0.4, 0.5) is 55.9 Å². The first-order valence-corrected chi connectivity index (χ1v) is 17.1. The Labute approximate surface area is 304 Å². The third-order valence-electron chi connectivity index (χ3n) is 9.39. The molecule has 0 unspecified atom stereocenters. The van der Waals surface area contributed by atoms with Gasteiger partial charge in [-0.05, 0) is 91.9 Å². The van der Waals surface area contributed by atoms with Gasteiger partial charge in [-0.25, -0.2) is 4.79 Å². The number of alkyl halides is 9. The molecule has 0 spiro atoms. The van der Waals surface area contributed by atoms with Crippen molar-refractivity contribution in [3.05, 3.63) is 100 Å². The van der Waals surface area contributed by atoms with Crippen molar-refractivity contribution >= 4 is 17.7 Å². The van der Waals surface area contributed by atoms with Crippen molar-refractivity contribution in [1.82, 2.24) is 25.1 Å². The van der Waals surface area contributed by atoms with Gasteiger partial charge in [0, 0.05) is 32.2 Å².